The maximum atomic E-state index is 5.75. The van der Waals surface area contributed by atoms with E-state index < -0.39 is 0 Å². The predicted octanol–water partition coefficient (Wildman–Crippen LogP) is 3.29. The molecule has 0 saturated heterocycles. The number of ether oxygens (including phenoxy) is 1. The number of nitrogen functional groups attached to an aromatic ring is 1. The first kappa shape index (κ1) is 14.6. The number of anilines is 2. The lowest BCUT2D eigenvalue weighted by atomic mass is 10.2. The number of pyridine rings is 1. The number of fused-ring (bicyclic) bond motifs is 1. The first-order valence-corrected chi connectivity index (χ1v) is 7.13. The molecule has 0 aliphatic rings. The van der Waals surface area contributed by atoms with E-state index in [1.54, 1.807) is 0 Å². The Morgan fingerprint density at radius 1 is 1.25 bits per heavy atom. The number of aromatic nitrogens is 1. The fraction of sp³-hybridized carbons (Fsp3) is 0.438. The molecule has 0 unspecified atom stereocenters. The number of benzene rings is 1. The van der Waals surface area contributed by atoms with Gasteiger partial charge in [-0.15, -0.1) is 0 Å². The number of rotatable bonds is 7. The quantitative estimate of drug-likeness (QED) is 0.600. The third kappa shape index (κ3) is 4.38. The van der Waals surface area contributed by atoms with Gasteiger partial charge in [-0.3, -0.25) is 0 Å². The van der Waals surface area contributed by atoms with Crippen molar-refractivity contribution in [1.29, 1.82) is 0 Å². The van der Waals surface area contributed by atoms with Crippen LogP contribution in [-0.4, -0.2) is 24.7 Å². The van der Waals surface area contributed by atoms with Crippen LogP contribution >= 0.6 is 0 Å². The predicted molar refractivity (Wildman–Crippen MR) is 84.9 cm³/mol. The van der Waals surface area contributed by atoms with Crippen molar-refractivity contribution in [3.05, 3.63) is 30.3 Å². The summed E-state index contributed by atoms with van der Waals surface area (Å²) in [7, 11) is 0. The smallest absolute Gasteiger partial charge is 0.126 e. The Kier molecular flexibility index (Phi) is 5.18. The van der Waals surface area contributed by atoms with Crippen LogP contribution in [0.3, 0.4) is 0 Å². The Balaban J connectivity index is 1.80. The Morgan fingerprint density at radius 3 is 2.90 bits per heavy atom. The summed E-state index contributed by atoms with van der Waals surface area (Å²) in [6.07, 6.45) is 0.980. The van der Waals surface area contributed by atoms with Crippen molar-refractivity contribution in [3.63, 3.8) is 0 Å². The lowest BCUT2D eigenvalue weighted by Gasteiger charge is -2.08. The second kappa shape index (κ2) is 7.10. The van der Waals surface area contributed by atoms with Gasteiger partial charge in [0, 0.05) is 30.8 Å². The normalized spacial score (nSPS) is 11.2. The molecule has 0 radical (unpaired) electrons. The fourth-order valence-corrected chi connectivity index (χ4v) is 1.95. The van der Waals surface area contributed by atoms with Crippen LogP contribution in [0.15, 0.2) is 30.3 Å². The third-order valence-corrected chi connectivity index (χ3v) is 2.94. The zero-order valence-corrected chi connectivity index (χ0v) is 12.2. The van der Waals surface area contributed by atoms with Crippen molar-refractivity contribution in [1.82, 2.24) is 4.98 Å². The number of hydrogen-bond donors (Lipinski definition) is 2. The highest BCUT2D eigenvalue weighted by Crippen LogP contribution is 2.17. The molecule has 0 atom stereocenters. The van der Waals surface area contributed by atoms with E-state index >= 15 is 0 Å². The molecule has 0 bridgehead atoms. The van der Waals surface area contributed by atoms with E-state index in [4.69, 9.17) is 10.5 Å². The molecule has 0 saturated carbocycles. The largest absolute Gasteiger partial charge is 0.399 e. The molecule has 4 nitrogen and oxygen atoms in total. The molecule has 0 aliphatic heterocycles. The monoisotopic (exact) mass is 273 g/mol. The van der Waals surface area contributed by atoms with Gasteiger partial charge in [0.05, 0.1) is 5.52 Å². The van der Waals surface area contributed by atoms with Crippen molar-refractivity contribution in [2.24, 2.45) is 5.92 Å². The summed E-state index contributed by atoms with van der Waals surface area (Å²) < 4.78 is 5.54. The van der Waals surface area contributed by atoms with E-state index in [2.05, 4.69) is 24.1 Å². The highest BCUT2D eigenvalue weighted by molar-refractivity contribution is 5.83. The van der Waals surface area contributed by atoms with Gasteiger partial charge in [0.15, 0.2) is 0 Å². The Morgan fingerprint density at radius 2 is 2.10 bits per heavy atom. The van der Waals surface area contributed by atoms with E-state index in [9.17, 15) is 0 Å². The minimum atomic E-state index is 0.595. The molecule has 2 aromatic rings. The van der Waals surface area contributed by atoms with Gasteiger partial charge in [-0.2, -0.15) is 0 Å². The van der Waals surface area contributed by atoms with Crippen LogP contribution in [0.1, 0.15) is 20.3 Å². The van der Waals surface area contributed by atoms with Gasteiger partial charge in [0.25, 0.3) is 0 Å². The van der Waals surface area contributed by atoms with E-state index in [1.807, 2.05) is 30.3 Å². The fourth-order valence-electron chi connectivity index (χ4n) is 1.95. The van der Waals surface area contributed by atoms with Gasteiger partial charge in [0.1, 0.15) is 5.82 Å². The van der Waals surface area contributed by atoms with Gasteiger partial charge in [-0.25, -0.2) is 4.98 Å². The summed E-state index contributed by atoms with van der Waals surface area (Å²) in [5, 5.41) is 4.38. The van der Waals surface area contributed by atoms with Gasteiger partial charge in [0.2, 0.25) is 0 Å². The minimum Gasteiger partial charge on any atom is -0.399 e. The molecule has 1 aromatic heterocycles. The Bertz CT molecular complexity index is 554. The third-order valence-electron chi connectivity index (χ3n) is 2.94. The van der Waals surface area contributed by atoms with Gasteiger partial charge in [-0.1, -0.05) is 13.8 Å². The minimum absolute atomic E-state index is 0.595. The highest BCUT2D eigenvalue weighted by atomic mass is 16.5. The SMILES string of the molecule is CC(C)COCCCNc1ccc2cc(N)ccc2n1. The Hall–Kier alpha value is -1.81. The number of nitrogens with one attached hydrogen (secondary N) is 1. The molecule has 1 aromatic carbocycles. The van der Waals surface area contributed by atoms with Crippen molar-refractivity contribution >= 4 is 22.4 Å². The molecule has 4 heteroatoms. The molecule has 2 rings (SSSR count). The van der Waals surface area contributed by atoms with Crippen LogP contribution in [0.2, 0.25) is 0 Å². The van der Waals surface area contributed by atoms with Crippen LogP contribution in [0, 0.1) is 5.92 Å². The molecule has 20 heavy (non-hydrogen) atoms. The molecule has 108 valence electrons. The lowest BCUT2D eigenvalue weighted by Crippen LogP contribution is -2.09. The molecule has 0 aliphatic carbocycles. The number of nitrogens with zero attached hydrogens (tertiary/aromatic N) is 1. The average Bonchev–Trinajstić information content (AvgIpc) is 2.42. The van der Waals surface area contributed by atoms with Gasteiger partial charge < -0.3 is 15.8 Å². The van der Waals surface area contributed by atoms with Crippen LogP contribution in [0.5, 0.6) is 0 Å². The number of hydrogen-bond acceptors (Lipinski definition) is 4. The summed E-state index contributed by atoms with van der Waals surface area (Å²) in [6, 6.07) is 9.78. The molecule has 0 fully saturated rings. The second-order valence-corrected chi connectivity index (χ2v) is 5.40. The summed E-state index contributed by atoms with van der Waals surface area (Å²) in [4.78, 5) is 4.55. The van der Waals surface area contributed by atoms with E-state index in [0.717, 1.165) is 48.6 Å². The molecule has 3 N–H and O–H groups in total. The van der Waals surface area contributed by atoms with Crippen LogP contribution < -0.4 is 11.1 Å². The zero-order valence-electron chi connectivity index (χ0n) is 12.2. The van der Waals surface area contributed by atoms with Gasteiger partial charge in [-0.05, 0) is 42.7 Å². The molecule has 1 heterocycles. The molecular weight excluding hydrogens is 250 g/mol. The van der Waals surface area contributed by atoms with Gasteiger partial charge >= 0.3 is 0 Å². The van der Waals surface area contributed by atoms with Crippen LogP contribution in [0.4, 0.5) is 11.5 Å². The molecule has 0 spiro atoms. The highest BCUT2D eigenvalue weighted by Gasteiger charge is 1.99. The van der Waals surface area contributed by atoms with E-state index in [0.29, 0.717) is 5.92 Å². The lowest BCUT2D eigenvalue weighted by molar-refractivity contribution is 0.110. The first-order chi connectivity index (χ1) is 9.65. The average molecular weight is 273 g/mol. The zero-order chi connectivity index (χ0) is 14.4. The standard InChI is InChI=1S/C16H23N3O/c1-12(2)11-20-9-3-8-18-16-7-4-13-10-14(17)5-6-15(13)19-16/h4-7,10,12H,3,8-9,11,17H2,1-2H3,(H,18,19). The summed E-state index contributed by atoms with van der Waals surface area (Å²) in [5.74, 6) is 1.49. The summed E-state index contributed by atoms with van der Waals surface area (Å²) in [6.45, 7) is 6.80. The van der Waals surface area contributed by atoms with Crippen molar-refractivity contribution in [2.45, 2.75) is 20.3 Å². The van der Waals surface area contributed by atoms with Crippen molar-refractivity contribution in [2.75, 3.05) is 30.8 Å². The summed E-state index contributed by atoms with van der Waals surface area (Å²) >= 11 is 0. The summed E-state index contributed by atoms with van der Waals surface area (Å²) in [5.41, 5.74) is 7.48. The van der Waals surface area contributed by atoms with Crippen molar-refractivity contribution < 1.29 is 4.74 Å². The van der Waals surface area contributed by atoms with Crippen molar-refractivity contribution in [3.8, 4) is 0 Å². The van der Waals surface area contributed by atoms with E-state index in [-0.39, 0.29) is 0 Å². The first-order valence-electron chi connectivity index (χ1n) is 7.13. The molecular formula is C16H23N3O. The Labute approximate surface area is 120 Å². The number of nitrogens with two attached hydrogens (primary N) is 1. The maximum absolute atomic E-state index is 5.75. The van der Waals surface area contributed by atoms with Crippen LogP contribution in [-0.2, 0) is 4.74 Å². The maximum Gasteiger partial charge on any atom is 0.126 e. The second-order valence-electron chi connectivity index (χ2n) is 5.40. The van der Waals surface area contributed by atoms with Crippen LogP contribution in [0.25, 0.3) is 10.9 Å². The topological polar surface area (TPSA) is 60.2 Å². The molecule has 0 amide bonds. The van der Waals surface area contributed by atoms with E-state index in [1.165, 1.54) is 0 Å².